The van der Waals surface area contributed by atoms with Crippen molar-refractivity contribution in [2.75, 3.05) is 5.32 Å². The summed E-state index contributed by atoms with van der Waals surface area (Å²) in [5, 5.41) is 18.6. The molecule has 2 aromatic carbocycles. The highest BCUT2D eigenvalue weighted by molar-refractivity contribution is 6.03. The van der Waals surface area contributed by atoms with Gasteiger partial charge in [0.2, 0.25) is 0 Å². The molecule has 128 valence electrons. The first kappa shape index (κ1) is 16.6. The Morgan fingerprint density at radius 3 is 2.56 bits per heavy atom. The highest BCUT2D eigenvalue weighted by Crippen LogP contribution is 2.31. The number of rotatable bonds is 3. The minimum absolute atomic E-state index is 0.00108. The van der Waals surface area contributed by atoms with Crippen LogP contribution in [0.5, 0.6) is 5.75 Å². The Labute approximate surface area is 140 Å². The molecular formula is C17H12F3N3O2. The molecule has 0 unspecified atom stereocenters. The second-order valence-corrected chi connectivity index (χ2v) is 5.22. The average molecular weight is 347 g/mol. The van der Waals surface area contributed by atoms with E-state index in [9.17, 15) is 23.1 Å². The number of aromatic amines is 1. The Morgan fingerprint density at radius 2 is 1.84 bits per heavy atom. The van der Waals surface area contributed by atoms with Crippen LogP contribution in [0.1, 0.15) is 16.1 Å². The number of phenolic OH excluding ortho intramolecular Hbond substituents is 1. The molecule has 0 saturated carbocycles. The van der Waals surface area contributed by atoms with Gasteiger partial charge in [0.1, 0.15) is 11.4 Å². The Hall–Kier alpha value is -3.29. The molecule has 1 aromatic heterocycles. The van der Waals surface area contributed by atoms with E-state index in [0.717, 1.165) is 12.1 Å². The van der Waals surface area contributed by atoms with Crippen LogP contribution in [0.3, 0.4) is 0 Å². The summed E-state index contributed by atoms with van der Waals surface area (Å²) in [6.45, 7) is 0. The van der Waals surface area contributed by atoms with Crippen LogP contribution in [-0.2, 0) is 6.18 Å². The minimum Gasteiger partial charge on any atom is -0.507 e. The lowest BCUT2D eigenvalue weighted by Gasteiger charge is -2.09. The van der Waals surface area contributed by atoms with Crippen molar-refractivity contribution >= 4 is 11.6 Å². The molecule has 0 aliphatic carbocycles. The molecule has 0 saturated heterocycles. The first-order valence-electron chi connectivity index (χ1n) is 7.17. The molecule has 1 heterocycles. The van der Waals surface area contributed by atoms with Crippen LogP contribution in [0.2, 0.25) is 0 Å². The summed E-state index contributed by atoms with van der Waals surface area (Å²) in [5.41, 5.74) is -0.0248. The predicted molar refractivity (Wildman–Crippen MR) is 85.1 cm³/mol. The number of hydrogen-bond acceptors (Lipinski definition) is 3. The summed E-state index contributed by atoms with van der Waals surface area (Å²) >= 11 is 0. The summed E-state index contributed by atoms with van der Waals surface area (Å²) in [7, 11) is 0. The quantitative estimate of drug-likeness (QED) is 0.669. The number of aromatic hydroxyl groups is 1. The molecule has 0 aliphatic heterocycles. The van der Waals surface area contributed by atoms with Crippen molar-refractivity contribution in [3.63, 3.8) is 0 Å². The fourth-order valence-electron chi connectivity index (χ4n) is 2.24. The zero-order valence-corrected chi connectivity index (χ0v) is 12.6. The van der Waals surface area contributed by atoms with Gasteiger partial charge in [-0.1, -0.05) is 18.2 Å². The molecular weight excluding hydrogens is 335 g/mol. The normalized spacial score (nSPS) is 11.3. The largest absolute Gasteiger partial charge is 0.507 e. The molecule has 3 N–H and O–H groups in total. The monoisotopic (exact) mass is 347 g/mol. The molecule has 0 spiro atoms. The standard InChI is InChI=1S/C17H12F3N3O2/c18-17(19,20)10-4-3-5-11(8-10)21-16(25)14-9-13(22-23-14)12-6-1-2-7-15(12)24/h1-9,24H,(H,21,25)(H,22,23). The molecule has 5 nitrogen and oxygen atoms in total. The van der Waals surface area contributed by atoms with Gasteiger partial charge in [-0.2, -0.15) is 18.3 Å². The fourth-order valence-corrected chi connectivity index (χ4v) is 2.24. The van der Waals surface area contributed by atoms with Crippen molar-refractivity contribution in [1.82, 2.24) is 10.2 Å². The topological polar surface area (TPSA) is 78.0 Å². The van der Waals surface area contributed by atoms with Gasteiger partial charge >= 0.3 is 6.18 Å². The lowest BCUT2D eigenvalue weighted by atomic mass is 10.1. The van der Waals surface area contributed by atoms with Gasteiger partial charge in [-0.3, -0.25) is 9.89 Å². The number of nitrogens with zero attached hydrogens (tertiary/aromatic N) is 1. The molecule has 0 fully saturated rings. The van der Waals surface area contributed by atoms with Gasteiger partial charge in [-0.15, -0.1) is 0 Å². The number of anilines is 1. The van der Waals surface area contributed by atoms with Crippen molar-refractivity contribution < 1.29 is 23.1 Å². The third-order valence-corrected chi connectivity index (χ3v) is 3.45. The first-order chi connectivity index (χ1) is 11.8. The second-order valence-electron chi connectivity index (χ2n) is 5.22. The van der Waals surface area contributed by atoms with Crippen LogP contribution in [0.4, 0.5) is 18.9 Å². The predicted octanol–water partition coefficient (Wildman–Crippen LogP) is 4.05. The summed E-state index contributed by atoms with van der Waals surface area (Å²) in [6, 6.07) is 12.2. The van der Waals surface area contributed by atoms with Gasteiger partial charge in [0.05, 0.1) is 11.3 Å². The van der Waals surface area contributed by atoms with E-state index in [2.05, 4.69) is 15.5 Å². The number of nitrogens with one attached hydrogen (secondary N) is 2. The number of aromatic nitrogens is 2. The van der Waals surface area contributed by atoms with E-state index in [1.807, 2.05) is 0 Å². The zero-order chi connectivity index (χ0) is 18.0. The lowest BCUT2D eigenvalue weighted by molar-refractivity contribution is -0.137. The molecule has 3 aromatic rings. The molecule has 0 radical (unpaired) electrons. The summed E-state index contributed by atoms with van der Waals surface area (Å²) in [5.74, 6) is -0.646. The van der Waals surface area contributed by atoms with E-state index in [4.69, 9.17) is 0 Å². The van der Waals surface area contributed by atoms with Crippen LogP contribution < -0.4 is 5.32 Å². The van der Waals surface area contributed by atoms with Crippen LogP contribution >= 0.6 is 0 Å². The van der Waals surface area contributed by atoms with Gasteiger partial charge in [-0.05, 0) is 36.4 Å². The molecule has 0 bridgehead atoms. The molecule has 8 heteroatoms. The van der Waals surface area contributed by atoms with Gasteiger partial charge in [0, 0.05) is 11.3 Å². The van der Waals surface area contributed by atoms with Gasteiger partial charge in [0.25, 0.3) is 5.91 Å². The van der Waals surface area contributed by atoms with E-state index >= 15 is 0 Å². The number of H-pyrrole nitrogens is 1. The number of benzene rings is 2. The number of carbonyl (C=O) groups excluding carboxylic acids is 1. The lowest BCUT2D eigenvalue weighted by Crippen LogP contribution is -2.13. The minimum atomic E-state index is -4.49. The van der Waals surface area contributed by atoms with E-state index in [1.165, 1.54) is 24.3 Å². The van der Waals surface area contributed by atoms with Gasteiger partial charge < -0.3 is 10.4 Å². The number of halogens is 3. The van der Waals surface area contributed by atoms with E-state index < -0.39 is 17.6 Å². The highest BCUT2D eigenvalue weighted by atomic mass is 19.4. The molecule has 0 atom stereocenters. The maximum Gasteiger partial charge on any atom is 0.416 e. The Bertz CT molecular complexity index is 919. The van der Waals surface area contributed by atoms with Crippen LogP contribution in [0.25, 0.3) is 11.3 Å². The Morgan fingerprint density at radius 1 is 1.08 bits per heavy atom. The van der Waals surface area contributed by atoms with Crippen LogP contribution in [0.15, 0.2) is 54.6 Å². The highest BCUT2D eigenvalue weighted by Gasteiger charge is 2.30. The maximum atomic E-state index is 12.7. The Kier molecular flexibility index (Phi) is 4.18. The third-order valence-electron chi connectivity index (χ3n) is 3.45. The van der Waals surface area contributed by atoms with E-state index in [-0.39, 0.29) is 17.1 Å². The zero-order valence-electron chi connectivity index (χ0n) is 12.6. The fraction of sp³-hybridized carbons (Fsp3) is 0.0588. The smallest absolute Gasteiger partial charge is 0.416 e. The number of phenols is 1. The number of hydrogen-bond donors (Lipinski definition) is 3. The summed E-state index contributed by atoms with van der Waals surface area (Å²) in [6.07, 6.45) is -4.49. The summed E-state index contributed by atoms with van der Waals surface area (Å²) in [4.78, 5) is 12.2. The number of carbonyl (C=O) groups is 1. The van der Waals surface area contributed by atoms with E-state index in [1.54, 1.807) is 18.2 Å². The van der Waals surface area contributed by atoms with Gasteiger partial charge in [-0.25, -0.2) is 0 Å². The SMILES string of the molecule is O=C(Nc1cccc(C(F)(F)F)c1)c1cc(-c2ccccc2O)n[nH]1. The average Bonchev–Trinajstić information content (AvgIpc) is 3.04. The molecule has 0 aliphatic rings. The number of para-hydroxylation sites is 1. The van der Waals surface area contributed by atoms with Crippen molar-refractivity contribution in [3.05, 3.63) is 65.9 Å². The van der Waals surface area contributed by atoms with Crippen molar-refractivity contribution in [1.29, 1.82) is 0 Å². The first-order valence-corrected chi connectivity index (χ1v) is 7.17. The number of alkyl halides is 3. The Balaban J connectivity index is 1.80. The van der Waals surface area contributed by atoms with Crippen LogP contribution in [0, 0.1) is 0 Å². The molecule has 1 amide bonds. The molecule has 3 rings (SSSR count). The van der Waals surface area contributed by atoms with Crippen molar-refractivity contribution in [2.24, 2.45) is 0 Å². The van der Waals surface area contributed by atoms with Crippen molar-refractivity contribution in [3.8, 4) is 17.0 Å². The van der Waals surface area contributed by atoms with Crippen LogP contribution in [-0.4, -0.2) is 21.2 Å². The van der Waals surface area contributed by atoms with Gasteiger partial charge in [0.15, 0.2) is 0 Å². The molecule has 25 heavy (non-hydrogen) atoms. The second kappa shape index (κ2) is 6.31. The maximum absolute atomic E-state index is 12.7. The summed E-state index contributed by atoms with van der Waals surface area (Å²) < 4.78 is 38.1. The number of amides is 1. The van der Waals surface area contributed by atoms with E-state index in [0.29, 0.717) is 11.3 Å². The van der Waals surface area contributed by atoms with Crippen molar-refractivity contribution in [2.45, 2.75) is 6.18 Å². The third kappa shape index (κ3) is 3.63.